The first-order chi connectivity index (χ1) is 11.4. The smallest absolute Gasteiger partial charge is 0.331 e. The Kier molecular flexibility index (Phi) is 5.83. The molecule has 1 heterocycles. The SMILES string of the molecule is COC(=O)/C=C1/S/C(=N\N=Cc2c(O)cc(OC)cc2Cl)NC1=O. The third-order valence-corrected chi connectivity index (χ3v) is 3.97. The monoisotopic (exact) mass is 369 g/mol. The first-order valence-corrected chi connectivity index (χ1v) is 7.60. The van der Waals surface area contributed by atoms with E-state index in [2.05, 4.69) is 20.3 Å². The van der Waals surface area contributed by atoms with Crippen LogP contribution in [0, 0.1) is 0 Å². The Bertz CT molecular complexity index is 753. The normalized spacial score (nSPS) is 17.5. The van der Waals surface area contributed by atoms with Crippen molar-refractivity contribution in [2.24, 2.45) is 10.2 Å². The summed E-state index contributed by atoms with van der Waals surface area (Å²) >= 11 is 6.95. The van der Waals surface area contributed by atoms with Crippen molar-refractivity contribution in [3.8, 4) is 11.5 Å². The second-order valence-corrected chi connectivity index (χ2v) is 5.72. The van der Waals surface area contributed by atoms with E-state index >= 15 is 0 Å². The molecule has 0 spiro atoms. The van der Waals surface area contributed by atoms with Gasteiger partial charge in [-0.15, -0.1) is 5.10 Å². The summed E-state index contributed by atoms with van der Waals surface area (Å²) < 4.78 is 9.42. The van der Waals surface area contributed by atoms with Crippen LogP contribution in [0.5, 0.6) is 11.5 Å². The number of nitrogens with zero attached hydrogens (tertiary/aromatic N) is 2. The quantitative estimate of drug-likeness (QED) is 0.361. The summed E-state index contributed by atoms with van der Waals surface area (Å²) in [6.07, 6.45) is 2.29. The van der Waals surface area contributed by atoms with E-state index < -0.39 is 11.9 Å². The molecule has 10 heteroatoms. The fraction of sp³-hybridized carbons (Fsp3) is 0.143. The molecular formula is C14H12ClN3O5S. The molecule has 1 aromatic carbocycles. The number of benzene rings is 1. The maximum Gasteiger partial charge on any atom is 0.331 e. The summed E-state index contributed by atoms with van der Waals surface area (Å²) in [5, 5.41) is 20.3. The Morgan fingerprint density at radius 1 is 1.42 bits per heavy atom. The minimum absolute atomic E-state index is 0.127. The van der Waals surface area contributed by atoms with Crippen molar-refractivity contribution in [1.82, 2.24) is 5.32 Å². The van der Waals surface area contributed by atoms with Crippen molar-refractivity contribution in [3.05, 3.63) is 33.7 Å². The lowest BCUT2D eigenvalue weighted by molar-refractivity contribution is -0.135. The van der Waals surface area contributed by atoms with Gasteiger partial charge in [-0.3, -0.25) is 10.1 Å². The van der Waals surface area contributed by atoms with Gasteiger partial charge in [-0.1, -0.05) is 11.6 Å². The molecule has 1 aromatic rings. The molecule has 0 atom stereocenters. The number of rotatable bonds is 4. The zero-order valence-corrected chi connectivity index (χ0v) is 14.1. The highest BCUT2D eigenvalue weighted by Crippen LogP contribution is 2.30. The lowest BCUT2D eigenvalue weighted by Gasteiger charge is -2.05. The summed E-state index contributed by atoms with van der Waals surface area (Å²) in [5.41, 5.74) is 0.251. The highest BCUT2D eigenvalue weighted by atomic mass is 35.5. The zero-order chi connectivity index (χ0) is 17.7. The average molecular weight is 370 g/mol. The summed E-state index contributed by atoms with van der Waals surface area (Å²) in [6.45, 7) is 0. The van der Waals surface area contributed by atoms with Crippen LogP contribution in [0.25, 0.3) is 0 Å². The zero-order valence-electron chi connectivity index (χ0n) is 12.6. The van der Waals surface area contributed by atoms with E-state index in [0.29, 0.717) is 5.75 Å². The fourth-order valence-electron chi connectivity index (χ4n) is 1.60. The number of halogens is 1. The van der Waals surface area contributed by atoms with Gasteiger partial charge in [-0.2, -0.15) is 5.10 Å². The Hall–Kier alpha value is -2.52. The van der Waals surface area contributed by atoms with Crippen LogP contribution in [-0.2, 0) is 14.3 Å². The molecule has 0 unspecified atom stereocenters. The number of thioether (sulfide) groups is 1. The molecule has 8 nitrogen and oxygen atoms in total. The van der Waals surface area contributed by atoms with Crippen LogP contribution >= 0.6 is 23.4 Å². The summed E-state index contributed by atoms with van der Waals surface area (Å²) in [5.74, 6) is -0.855. The van der Waals surface area contributed by atoms with Gasteiger partial charge in [0.1, 0.15) is 11.5 Å². The number of hydrogen-bond donors (Lipinski definition) is 2. The lowest BCUT2D eigenvalue weighted by atomic mass is 10.2. The van der Waals surface area contributed by atoms with E-state index in [0.717, 1.165) is 17.8 Å². The molecule has 1 fully saturated rings. The van der Waals surface area contributed by atoms with Gasteiger partial charge in [0.05, 0.1) is 35.9 Å². The minimum Gasteiger partial charge on any atom is -0.507 e. The molecule has 0 saturated carbocycles. The van der Waals surface area contributed by atoms with E-state index in [4.69, 9.17) is 16.3 Å². The van der Waals surface area contributed by atoms with Crippen LogP contribution in [0.1, 0.15) is 5.56 Å². The molecule has 0 aliphatic carbocycles. The number of hydrogen-bond acceptors (Lipinski definition) is 8. The summed E-state index contributed by atoms with van der Waals surface area (Å²) in [6, 6.07) is 2.89. The van der Waals surface area contributed by atoms with Gasteiger partial charge in [-0.25, -0.2) is 4.79 Å². The minimum atomic E-state index is -0.646. The largest absolute Gasteiger partial charge is 0.507 e. The highest BCUT2D eigenvalue weighted by molar-refractivity contribution is 8.18. The van der Waals surface area contributed by atoms with Crippen LogP contribution in [0.15, 0.2) is 33.3 Å². The molecule has 2 rings (SSSR count). The number of ether oxygens (including phenoxy) is 2. The molecule has 1 aliphatic rings. The van der Waals surface area contributed by atoms with E-state index in [-0.39, 0.29) is 26.4 Å². The van der Waals surface area contributed by atoms with Gasteiger partial charge in [-0.05, 0) is 17.8 Å². The van der Waals surface area contributed by atoms with Gasteiger partial charge in [0.15, 0.2) is 5.17 Å². The predicted octanol–water partition coefficient (Wildman–Crippen LogP) is 1.66. The first kappa shape index (κ1) is 17.8. The number of phenolic OH excluding ortho intramolecular Hbond substituents is 1. The fourth-order valence-corrected chi connectivity index (χ4v) is 2.60. The number of nitrogens with one attached hydrogen (secondary N) is 1. The molecule has 1 saturated heterocycles. The van der Waals surface area contributed by atoms with Crippen LogP contribution in [0.2, 0.25) is 5.02 Å². The van der Waals surface area contributed by atoms with Gasteiger partial charge < -0.3 is 14.6 Å². The van der Waals surface area contributed by atoms with Gasteiger partial charge in [0, 0.05) is 12.1 Å². The van der Waals surface area contributed by atoms with E-state index in [1.807, 2.05) is 0 Å². The molecule has 126 valence electrons. The Labute approximate surface area is 146 Å². The van der Waals surface area contributed by atoms with Gasteiger partial charge in [0.2, 0.25) is 0 Å². The molecule has 1 amide bonds. The van der Waals surface area contributed by atoms with Crippen molar-refractivity contribution < 1.29 is 24.2 Å². The third-order valence-electron chi connectivity index (χ3n) is 2.75. The molecule has 0 aromatic heterocycles. The molecule has 1 aliphatic heterocycles. The second-order valence-electron chi connectivity index (χ2n) is 4.28. The Morgan fingerprint density at radius 3 is 2.79 bits per heavy atom. The van der Waals surface area contributed by atoms with Crippen molar-refractivity contribution in [2.75, 3.05) is 14.2 Å². The number of aromatic hydroxyl groups is 1. The maximum absolute atomic E-state index is 11.6. The van der Waals surface area contributed by atoms with E-state index in [1.165, 1.54) is 32.6 Å². The maximum atomic E-state index is 11.6. The molecular weight excluding hydrogens is 358 g/mol. The summed E-state index contributed by atoms with van der Waals surface area (Å²) in [4.78, 5) is 22.9. The number of carbonyl (C=O) groups excluding carboxylic acids is 2. The second kappa shape index (κ2) is 7.84. The van der Waals surface area contributed by atoms with Crippen molar-refractivity contribution in [1.29, 1.82) is 0 Å². The van der Waals surface area contributed by atoms with Crippen LogP contribution in [-0.4, -0.2) is 42.6 Å². The van der Waals surface area contributed by atoms with E-state index in [9.17, 15) is 14.7 Å². The van der Waals surface area contributed by atoms with Crippen molar-refractivity contribution in [2.45, 2.75) is 0 Å². The van der Waals surface area contributed by atoms with Crippen molar-refractivity contribution >= 4 is 46.6 Å². The Balaban J connectivity index is 2.15. The average Bonchev–Trinajstić information content (AvgIpc) is 2.89. The number of methoxy groups -OCH3 is 2. The molecule has 2 N–H and O–H groups in total. The highest BCUT2D eigenvalue weighted by Gasteiger charge is 2.25. The number of amidine groups is 1. The van der Waals surface area contributed by atoms with Gasteiger partial charge in [0.25, 0.3) is 5.91 Å². The van der Waals surface area contributed by atoms with E-state index in [1.54, 1.807) is 0 Å². The number of amides is 1. The standard InChI is InChI=1S/C14H12ClN3O5S/c1-22-7-3-9(15)8(10(19)4-7)6-16-18-14-17-13(21)11(24-14)5-12(20)23-2/h3-6,19H,1-2H3,(H,17,18,21)/b11-5+,16-6?. The van der Waals surface area contributed by atoms with Crippen molar-refractivity contribution in [3.63, 3.8) is 0 Å². The lowest BCUT2D eigenvalue weighted by Crippen LogP contribution is -2.19. The molecule has 0 bridgehead atoms. The van der Waals surface area contributed by atoms with Crippen LogP contribution in [0.3, 0.4) is 0 Å². The number of esters is 1. The molecule has 24 heavy (non-hydrogen) atoms. The topological polar surface area (TPSA) is 110 Å². The summed E-state index contributed by atoms with van der Waals surface area (Å²) in [7, 11) is 2.66. The molecule has 0 radical (unpaired) electrons. The Morgan fingerprint density at radius 2 is 2.17 bits per heavy atom. The number of phenols is 1. The van der Waals surface area contributed by atoms with Crippen LogP contribution < -0.4 is 10.1 Å². The number of carbonyl (C=O) groups is 2. The van der Waals surface area contributed by atoms with Gasteiger partial charge >= 0.3 is 5.97 Å². The first-order valence-electron chi connectivity index (χ1n) is 6.41. The van der Waals surface area contributed by atoms with Crippen LogP contribution in [0.4, 0.5) is 0 Å². The third kappa shape index (κ3) is 4.27. The predicted molar refractivity (Wildman–Crippen MR) is 90.5 cm³/mol.